The Morgan fingerprint density at radius 2 is 1.94 bits per heavy atom. The summed E-state index contributed by atoms with van der Waals surface area (Å²) in [6.07, 6.45) is 1.51. The van der Waals surface area contributed by atoms with E-state index in [1.165, 1.54) is 0 Å². The molecule has 0 bridgehead atoms. The summed E-state index contributed by atoms with van der Waals surface area (Å²) in [6.45, 7) is 1.75. The smallest absolute Gasteiger partial charge is 0.156 e. The molecule has 0 fully saturated rings. The van der Waals surface area contributed by atoms with Crippen molar-refractivity contribution in [2.45, 2.75) is 18.6 Å². The highest BCUT2D eigenvalue weighted by Crippen LogP contribution is 2.17. The molecule has 0 heterocycles. The molecule has 1 aromatic rings. The standard InChI is InChI=1S/C11H14BrNO3S/c1-3-10(17(2,15)16)11(13-14)8-4-6-9(12)7-5-8/h4-7,10,14H,3H2,1-2H3/b13-11-/t10-/m0/s1. The van der Waals surface area contributed by atoms with Gasteiger partial charge < -0.3 is 5.21 Å². The molecule has 1 N–H and O–H groups in total. The third-order valence-electron chi connectivity index (χ3n) is 2.44. The van der Waals surface area contributed by atoms with Gasteiger partial charge in [0, 0.05) is 16.3 Å². The van der Waals surface area contributed by atoms with Crippen LogP contribution in [-0.4, -0.2) is 30.8 Å². The zero-order chi connectivity index (χ0) is 13.1. The molecule has 0 aliphatic carbocycles. The van der Waals surface area contributed by atoms with E-state index in [1.807, 2.05) is 0 Å². The highest BCUT2D eigenvalue weighted by atomic mass is 79.9. The van der Waals surface area contributed by atoms with Crippen LogP contribution in [0.4, 0.5) is 0 Å². The van der Waals surface area contributed by atoms with Crippen molar-refractivity contribution in [2.75, 3.05) is 6.26 Å². The van der Waals surface area contributed by atoms with E-state index in [0.29, 0.717) is 12.0 Å². The van der Waals surface area contributed by atoms with Crippen LogP contribution in [0.2, 0.25) is 0 Å². The number of benzene rings is 1. The van der Waals surface area contributed by atoms with Crippen molar-refractivity contribution in [1.29, 1.82) is 0 Å². The molecule has 0 amide bonds. The second kappa shape index (κ2) is 5.64. The van der Waals surface area contributed by atoms with E-state index < -0.39 is 15.1 Å². The Bertz CT molecular complexity index is 508. The number of rotatable bonds is 4. The fourth-order valence-corrected chi connectivity index (χ4v) is 3.09. The number of halogens is 1. The molecule has 1 rings (SSSR count). The first-order valence-electron chi connectivity index (χ1n) is 5.07. The summed E-state index contributed by atoms with van der Waals surface area (Å²) >= 11 is 3.29. The van der Waals surface area contributed by atoms with Crippen molar-refractivity contribution in [1.82, 2.24) is 0 Å². The van der Waals surface area contributed by atoms with Gasteiger partial charge in [-0.3, -0.25) is 0 Å². The predicted molar refractivity (Wildman–Crippen MR) is 71.4 cm³/mol. The fraction of sp³-hybridized carbons (Fsp3) is 0.364. The molecule has 0 unspecified atom stereocenters. The average molecular weight is 320 g/mol. The number of nitrogens with zero attached hydrogens (tertiary/aromatic N) is 1. The second-order valence-electron chi connectivity index (χ2n) is 3.72. The van der Waals surface area contributed by atoms with Crippen LogP contribution in [0.3, 0.4) is 0 Å². The number of hydrogen-bond donors (Lipinski definition) is 1. The van der Waals surface area contributed by atoms with Gasteiger partial charge in [0.2, 0.25) is 0 Å². The van der Waals surface area contributed by atoms with Crippen molar-refractivity contribution in [3.05, 3.63) is 34.3 Å². The number of sulfone groups is 1. The molecule has 0 aliphatic heterocycles. The molecule has 0 aromatic heterocycles. The molecule has 0 spiro atoms. The van der Waals surface area contributed by atoms with Gasteiger partial charge in [0.05, 0.1) is 0 Å². The molecule has 0 radical (unpaired) electrons. The Kier molecular flexibility index (Phi) is 4.70. The summed E-state index contributed by atoms with van der Waals surface area (Å²) in [6, 6.07) is 6.98. The Morgan fingerprint density at radius 1 is 1.41 bits per heavy atom. The molecule has 6 heteroatoms. The van der Waals surface area contributed by atoms with Gasteiger partial charge in [-0.2, -0.15) is 0 Å². The van der Waals surface area contributed by atoms with Crippen molar-refractivity contribution in [3.8, 4) is 0 Å². The summed E-state index contributed by atoms with van der Waals surface area (Å²) < 4.78 is 24.1. The lowest BCUT2D eigenvalue weighted by Gasteiger charge is -2.14. The van der Waals surface area contributed by atoms with E-state index >= 15 is 0 Å². The average Bonchev–Trinajstić information content (AvgIpc) is 2.25. The molecule has 94 valence electrons. The predicted octanol–water partition coefficient (Wildman–Crippen LogP) is 2.45. The third kappa shape index (κ3) is 3.54. The van der Waals surface area contributed by atoms with Gasteiger partial charge >= 0.3 is 0 Å². The van der Waals surface area contributed by atoms with Gasteiger partial charge in [0.1, 0.15) is 11.0 Å². The van der Waals surface area contributed by atoms with E-state index in [0.717, 1.165) is 10.7 Å². The van der Waals surface area contributed by atoms with Gasteiger partial charge in [-0.15, -0.1) is 0 Å². The van der Waals surface area contributed by atoms with E-state index in [1.54, 1.807) is 31.2 Å². The molecule has 1 atom stereocenters. The quantitative estimate of drug-likeness (QED) is 0.526. The van der Waals surface area contributed by atoms with E-state index in [2.05, 4.69) is 21.1 Å². The van der Waals surface area contributed by atoms with Gasteiger partial charge in [-0.1, -0.05) is 40.1 Å². The lowest BCUT2D eigenvalue weighted by atomic mass is 10.1. The Labute approximate surface area is 109 Å². The molecule has 1 aromatic carbocycles. The maximum absolute atomic E-state index is 11.6. The topological polar surface area (TPSA) is 66.7 Å². The molecule has 0 saturated heterocycles. The SMILES string of the molecule is CC[C@@H](/C(=N\O)c1ccc(Br)cc1)S(C)(=O)=O. The van der Waals surface area contributed by atoms with Gasteiger partial charge in [0.15, 0.2) is 9.84 Å². The first-order chi connectivity index (χ1) is 7.90. The molecule has 0 saturated carbocycles. The minimum Gasteiger partial charge on any atom is -0.411 e. The lowest BCUT2D eigenvalue weighted by molar-refractivity contribution is 0.318. The van der Waals surface area contributed by atoms with Crippen LogP contribution in [0.5, 0.6) is 0 Å². The van der Waals surface area contributed by atoms with Crippen molar-refractivity contribution in [3.63, 3.8) is 0 Å². The van der Waals surface area contributed by atoms with Crippen molar-refractivity contribution >= 4 is 31.5 Å². The van der Waals surface area contributed by atoms with Crippen LogP contribution in [-0.2, 0) is 9.84 Å². The van der Waals surface area contributed by atoms with Gasteiger partial charge in [-0.25, -0.2) is 8.42 Å². The van der Waals surface area contributed by atoms with Crippen molar-refractivity contribution < 1.29 is 13.6 Å². The zero-order valence-corrected chi connectivity index (χ0v) is 12.0. The highest BCUT2D eigenvalue weighted by molar-refractivity contribution is 9.10. The summed E-state index contributed by atoms with van der Waals surface area (Å²) in [5, 5.41) is 11.4. The number of oxime groups is 1. The summed E-state index contributed by atoms with van der Waals surface area (Å²) in [4.78, 5) is 0. The normalized spacial score (nSPS) is 14.6. The molecule has 0 aliphatic rings. The molecular weight excluding hydrogens is 306 g/mol. The third-order valence-corrected chi connectivity index (χ3v) is 4.56. The fourth-order valence-electron chi connectivity index (χ4n) is 1.63. The Hall–Kier alpha value is -0.880. The highest BCUT2D eigenvalue weighted by Gasteiger charge is 2.26. The van der Waals surface area contributed by atoms with Crippen molar-refractivity contribution in [2.24, 2.45) is 5.16 Å². The van der Waals surface area contributed by atoms with E-state index in [-0.39, 0.29) is 5.71 Å². The Balaban J connectivity index is 3.20. The first-order valence-corrected chi connectivity index (χ1v) is 7.81. The second-order valence-corrected chi connectivity index (χ2v) is 6.86. The van der Waals surface area contributed by atoms with E-state index in [9.17, 15) is 8.42 Å². The van der Waals surface area contributed by atoms with Crippen LogP contribution in [0.1, 0.15) is 18.9 Å². The molecule has 17 heavy (non-hydrogen) atoms. The summed E-state index contributed by atoms with van der Waals surface area (Å²) in [7, 11) is -3.29. The maximum atomic E-state index is 11.6. The number of hydrogen-bond acceptors (Lipinski definition) is 4. The van der Waals surface area contributed by atoms with Crippen LogP contribution >= 0.6 is 15.9 Å². The minimum atomic E-state index is -3.29. The van der Waals surface area contributed by atoms with Crippen LogP contribution in [0, 0.1) is 0 Å². The maximum Gasteiger partial charge on any atom is 0.156 e. The monoisotopic (exact) mass is 319 g/mol. The van der Waals surface area contributed by atoms with E-state index in [4.69, 9.17) is 5.21 Å². The van der Waals surface area contributed by atoms with Gasteiger partial charge in [-0.05, 0) is 18.6 Å². The minimum absolute atomic E-state index is 0.183. The largest absolute Gasteiger partial charge is 0.411 e. The summed E-state index contributed by atoms with van der Waals surface area (Å²) in [5.41, 5.74) is 0.787. The van der Waals surface area contributed by atoms with Crippen LogP contribution < -0.4 is 0 Å². The molecular formula is C11H14BrNO3S. The Morgan fingerprint density at radius 3 is 2.29 bits per heavy atom. The summed E-state index contributed by atoms with van der Waals surface area (Å²) in [5.74, 6) is 0. The van der Waals surface area contributed by atoms with Gasteiger partial charge in [0.25, 0.3) is 0 Å². The lowest BCUT2D eigenvalue weighted by Crippen LogP contribution is -2.29. The first kappa shape index (κ1) is 14.2. The van der Waals surface area contributed by atoms with Crippen LogP contribution in [0.25, 0.3) is 0 Å². The molecule has 4 nitrogen and oxygen atoms in total. The van der Waals surface area contributed by atoms with Crippen LogP contribution in [0.15, 0.2) is 33.9 Å². The zero-order valence-electron chi connectivity index (χ0n) is 9.59.